The van der Waals surface area contributed by atoms with Gasteiger partial charge < -0.3 is 29.6 Å². The highest BCUT2D eigenvalue weighted by molar-refractivity contribution is 7.80. The van der Waals surface area contributed by atoms with Crippen molar-refractivity contribution in [3.8, 4) is 5.75 Å². The molecule has 0 unspecified atom stereocenters. The minimum absolute atomic E-state index is 0.0856. The quantitative estimate of drug-likeness (QED) is 0.441. The van der Waals surface area contributed by atoms with Gasteiger partial charge in [-0.25, -0.2) is 0 Å². The predicted octanol–water partition coefficient (Wildman–Crippen LogP) is 2.35. The van der Waals surface area contributed by atoms with Crippen LogP contribution in [-0.4, -0.2) is 72.9 Å². The van der Waals surface area contributed by atoms with E-state index in [-0.39, 0.29) is 5.56 Å². The highest BCUT2D eigenvalue weighted by atomic mass is 32.1. The first kappa shape index (κ1) is 22.5. The summed E-state index contributed by atoms with van der Waals surface area (Å²) in [7, 11) is 1.67. The first-order valence-corrected chi connectivity index (χ1v) is 11.0. The Kier molecular flexibility index (Phi) is 8.48. The summed E-state index contributed by atoms with van der Waals surface area (Å²) in [6.45, 7) is 8.21. The zero-order valence-electron chi connectivity index (χ0n) is 17.9. The summed E-state index contributed by atoms with van der Waals surface area (Å²) < 4.78 is 10.7. The van der Waals surface area contributed by atoms with Gasteiger partial charge in [0.15, 0.2) is 5.11 Å². The summed E-state index contributed by atoms with van der Waals surface area (Å²) in [5.74, 6) is 0.797. The topological polar surface area (TPSA) is 69.8 Å². The standard InChI is InChI=1S/C22H32N4O3S/c1-3-29-19-6-7-20-17(15-19)14-18(21(27)24-20)16-26(22(30)23-8-13-28-2)12-11-25-9-4-5-10-25/h6-7,14-15H,3-5,8-13,16H2,1-2H3,(H,23,30)(H,24,27). The Morgan fingerprint density at radius 2 is 2.10 bits per heavy atom. The Labute approximate surface area is 183 Å². The van der Waals surface area contributed by atoms with Crippen molar-refractivity contribution in [2.24, 2.45) is 0 Å². The molecule has 0 radical (unpaired) electrons. The van der Waals surface area contributed by atoms with Crippen LogP contribution in [0.2, 0.25) is 0 Å². The van der Waals surface area contributed by atoms with E-state index in [4.69, 9.17) is 21.7 Å². The molecule has 0 amide bonds. The molecule has 8 heteroatoms. The third-order valence-electron chi connectivity index (χ3n) is 5.32. The van der Waals surface area contributed by atoms with Gasteiger partial charge in [-0.3, -0.25) is 4.79 Å². The van der Waals surface area contributed by atoms with E-state index in [1.807, 2.05) is 31.2 Å². The molecular formula is C22H32N4O3S. The number of aromatic nitrogens is 1. The molecule has 30 heavy (non-hydrogen) atoms. The molecular weight excluding hydrogens is 400 g/mol. The number of hydrogen-bond acceptors (Lipinski definition) is 5. The first-order valence-electron chi connectivity index (χ1n) is 10.6. The molecule has 1 aromatic heterocycles. The molecule has 0 aliphatic carbocycles. The van der Waals surface area contributed by atoms with E-state index in [2.05, 4.69) is 20.1 Å². The molecule has 1 fully saturated rings. The van der Waals surface area contributed by atoms with E-state index in [0.29, 0.717) is 37.0 Å². The molecule has 1 aromatic carbocycles. The number of likely N-dealkylation sites (tertiary alicyclic amines) is 1. The van der Waals surface area contributed by atoms with Gasteiger partial charge in [-0.05, 0) is 69.3 Å². The van der Waals surface area contributed by atoms with E-state index < -0.39 is 0 Å². The Hall–Kier alpha value is -2.16. The van der Waals surface area contributed by atoms with Gasteiger partial charge in [0, 0.05) is 43.2 Å². The van der Waals surface area contributed by atoms with Crippen LogP contribution in [0.4, 0.5) is 0 Å². The van der Waals surface area contributed by atoms with Gasteiger partial charge in [0.2, 0.25) is 0 Å². The lowest BCUT2D eigenvalue weighted by Crippen LogP contribution is -2.44. The molecule has 3 rings (SSSR count). The third-order valence-corrected chi connectivity index (χ3v) is 5.72. The number of ether oxygens (including phenoxy) is 2. The van der Waals surface area contributed by atoms with Crippen LogP contribution >= 0.6 is 12.2 Å². The van der Waals surface area contributed by atoms with Crippen LogP contribution in [0.15, 0.2) is 29.1 Å². The lowest BCUT2D eigenvalue weighted by Gasteiger charge is -2.28. The van der Waals surface area contributed by atoms with Crippen molar-refractivity contribution in [1.29, 1.82) is 0 Å². The number of benzene rings is 1. The van der Waals surface area contributed by atoms with Crippen LogP contribution in [0.1, 0.15) is 25.3 Å². The van der Waals surface area contributed by atoms with Gasteiger partial charge in [0.05, 0.1) is 19.8 Å². The second-order valence-corrected chi connectivity index (χ2v) is 7.89. The summed E-state index contributed by atoms with van der Waals surface area (Å²) in [6, 6.07) is 7.66. The molecule has 2 aromatic rings. The van der Waals surface area contributed by atoms with Crippen molar-refractivity contribution in [2.75, 3.05) is 53.0 Å². The lowest BCUT2D eigenvalue weighted by atomic mass is 10.1. The largest absolute Gasteiger partial charge is 0.494 e. The number of methoxy groups -OCH3 is 1. The van der Waals surface area contributed by atoms with Crippen molar-refractivity contribution in [1.82, 2.24) is 20.1 Å². The van der Waals surface area contributed by atoms with Crippen molar-refractivity contribution in [3.05, 3.63) is 40.2 Å². The van der Waals surface area contributed by atoms with Crippen LogP contribution in [-0.2, 0) is 11.3 Å². The zero-order chi connectivity index (χ0) is 21.3. The molecule has 1 saturated heterocycles. The number of fused-ring (bicyclic) bond motifs is 1. The molecule has 0 atom stereocenters. The highest BCUT2D eigenvalue weighted by Gasteiger charge is 2.17. The number of pyridine rings is 1. The van der Waals surface area contributed by atoms with Crippen molar-refractivity contribution >= 4 is 28.2 Å². The van der Waals surface area contributed by atoms with E-state index in [1.54, 1.807) is 7.11 Å². The summed E-state index contributed by atoms with van der Waals surface area (Å²) in [6.07, 6.45) is 2.51. The summed E-state index contributed by atoms with van der Waals surface area (Å²) in [5.41, 5.74) is 1.41. The molecule has 164 valence electrons. The second kappa shape index (κ2) is 11.3. The van der Waals surface area contributed by atoms with Crippen molar-refractivity contribution in [2.45, 2.75) is 26.3 Å². The van der Waals surface area contributed by atoms with Gasteiger partial charge >= 0.3 is 0 Å². The maximum absolute atomic E-state index is 12.7. The van der Waals surface area contributed by atoms with Crippen LogP contribution in [0, 0.1) is 0 Å². The Balaban J connectivity index is 1.78. The molecule has 1 aliphatic heterocycles. The van der Waals surface area contributed by atoms with Crippen molar-refractivity contribution < 1.29 is 9.47 Å². The van der Waals surface area contributed by atoms with Crippen LogP contribution in [0.5, 0.6) is 5.75 Å². The number of nitrogens with one attached hydrogen (secondary N) is 2. The molecule has 7 nitrogen and oxygen atoms in total. The molecule has 0 spiro atoms. The average Bonchev–Trinajstić information content (AvgIpc) is 3.25. The monoisotopic (exact) mass is 432 g/mol. The molecule has 2 heterocycles. The molecule has 0 saturated carbocycles. The summed E-state index contributed by atoms with van der Waals surface area (Å²) in [4.78, 5) is 20.2. The van der Waals surface area contributed by atoms with Crippen molar-refractivity contribution in [3.63, 3.8) is 0 Å². The van der Waals surface area contributed by atoms with Gasteiger partial charge in [0.25, 0.3) is 5.56 Å². The molecule has 0 bridgehead atoms. The first-order chi connectivity index (χ1) is 14.6. The predicted molar refractivity (Wildman–Crippen MR) is 124 cm³/mol. The number of aromatic amines is 1. The summed E-state index contributed by atoms with van der Waals surface area (Å²) in [5, 5.41) is 4.84. The summed E-state index contributed by atoms with van der Waals surface area (Å²) >= 11 is 5.63. The Morgan fingerprint density at radius 3 is 2.83 bits per heavy atom. The van der Waals surface area contributed by atoms with Gasteiger partial charge in [-0.2, -0.15) is 0 Å². The number of rotatable bonds is 10. The molecule has 1 aliphatic rings. The number of thiocarbonyl (C=S) groups is 1. The zero-order valence-corrected chi connectivity index (χ0v) is 18.7. The van der Waals surface area contributed by atoms with Crippen LogP contribution < -0.4 is 15.6 Å². The fourth-order valence-electron chi connectivity index (χ4n) is 3.70. The van der Waals surface area contributed by atoms with Crippen LogP contribution in [0.3, 0.4) is 0 Å². The lowest BCUT2D eigenvalue weighted by molar-refractivity contribution is 0.202. The molecule has 2 N–H and O–H groups in total. The SMILES string of the molecule is CCOc1ccc2[nH]c(=O)c(CN(CCN3CCCC3)C(=S)NCCOC)cc2c1. The Morgan fingerprint density at radius 1 is 1.30 bits per heavy atom. The van der Waals surface area contributed by atoms with E-state index in [1.165, 1.54) is 12.8 Å². The van der Waals surface area contributed by atoms with E-state index >= 15 is 0 Å². The Bertz CT molecular complexity index is 896. The van der Waals surface area contributed by atoms with Crippen LogP contribution in [0.25, 0.3) is 10.9 Å². The van der Waals surface area contributed by atoms with E-state index in [9.17, 15) is 4.79 Å². The van der Waals surface area contributed by atoms with E-state index in [0.717, 1.165) is 42.8 Å². The number of H-pyrrole nitrogens is 1. The fourth-order valence-corrected chi connectivity index (χ4v) is 3.96. The fraction of sp³-hybridized carbons (Fsp3) is 0.545. The van der Waals surface area contributed by atoms with Gasteiger partial charge in [0.1, 0.15) is 5.75 Å². The second-order valence-electron chi connectivity index (χ2n) is 7.50. The maximum Gasteiger partial charge on any atom is 0.253 e. The number of nitrogens with zero attached hydrogens (tertiary/aromatic N) is 2. The maximum atomic E-state index is 12.7. The smallest absolute Gasteiger partial charge is 0.253 e. The minimum Gasteiger partial charge on any atom is -0.494 e. The number of hydrogen-bond donors (Lipinski definition) is 2. The normalized spacial score (nSPS) is 14.2. The van der Waals surface area contributed by atoms with Gasteiger partial charge in [-0.1, -0.05) is 0 Å². The minimum atomic E-state index is -0.0856. The van der Waals surface area contributed by atoms with Gasteiger partial charge in [-0.15, -0.1) is 0 Å². The third kappa shape index (κ3) is 6.17. The highest BCUT2D eigenvalue weighted by Crippen LogP contribution is 2.20. The average molecular weight is 433 g/mol.